The average Bonchev–Trinajstić information content (AvgIpc) is 2.56. The normalized spacial score (nSPS) is 15.2. The minimum absolute atomic E-state index is 0.132. The smallest absolute Gasteiger partial charge is 0.258 e. The highest BCUT2D eigenvalue weighted by Crippen LogP contribution is 2.16. The Balaban J connectivity index is 1.60. The quantitative estimate of drug-likeness (QED) is 0.939. The fourth-order valence-corrected chi connectivity index (χ4v) is 2.34. The molecule has 0 saturated carbocycles. The van der Waals surface area contributed by atoms with E-state index in [2.05, 4.69) is 15.3 Å². The van der Waals surface area contributed by atoms with Crippen LogP contribution in [0.2, 0.25) is 0 Å². The zero-order valence-corrected chi connectivity index (χ0v) is 13.0. The second-order valence-electron chi connectivity index (χ2n) is 5.49. The number of amides is 1. The highest BCUT2D eigenvalue weighted by atomic mass is 16.5. The molecule has 1 saturated heterocycles. The van der Waals surface area contributed by atoms with E-state index in [1.165, 1.54) is 6.20 Å². The first-order valence-electron chi connectivity index (χ1n) is 7.65. The van der Waals surface area contributed by atoms with Crippen LogP contribution >= 0.6 is 0 Å². The zero-order valence-electron chi connectivity index (χ0n) is 13.0. The van der Waals surface area contributed by atoms with E-state index in [9.17, 15) is 4.79 Å². The monoisotopic (exact) mass is 313 g/mol. The molecule has 1 aliphatic rings. The molecule has 0 atom stereocenters. The van der Waals surface area contributed by atoms with Crippen molar-refractivity contribution in [2.24, 2.45) is 0 Å². The predicted octanol–water partition coefficient (Wildman–Crippen LogP) is 2.60. The number of nitrogens with one attached hydrogen (secondary N) is 1. The molecule has 6 nitrogen and oxygen atoms in total. The third-order valence-corrected chi connectivity index (χ3v) is 3.61. The first-order valence-corrected chi connectivity index (χ1v) is 7.65. The fraction of sp³-hybridized carbons (Fsp3) is 0.353. The molecule has 2 aromatic rings. The van der Waals surface area contributed by atoms with Crippen molar-refractivity contribution < 1.29 is 14.3 Å². The van der Waals surface area contributed by atoms with Crippen LogP contribution in [0.3, 0.4) is 0 Å². The van der Waals surface area contributed by atoms with Crippen LogP contribution in [-0.4, -0.2) is 35.2 Å². The van der Waals surface area contributed by atoms with Gasteiger partial charge in [-0.25, -0.2) is 9.97 Å². The lowest BCUT2D eigenvalue weighted by molar-refractivity contribution is 0.0237. The summed E-state index contributed by atoms with van der Waals surface area (Å²) >= 11 is 0. The number of hydrogen-bond donors (Lipinski definition) is 1. The summed E-state index contributed by atoms with van der Waals surface area (Å²) in [6.07, 6.45) is 5.03. The third-order valence-electron chi connectivity index (χ3n) is 3.61. The van der Waals surface area contributed by atoms with Crippen LogP contribution in [0.15, 0.2) is 36.7 Å². The number of aromatic nitrogens is 2. The lowest BCUT2D eigenvalue weighted by atomic mass is 10.1. The maximum Gasteiger partial charge on any atom is 0.258 e. The largest absolute Gasteiger partial charge is 0.474 e. The summed E-state index contributed by atoms with van der Waals surface area (Å²) in [5.41, 5.74) is 1.50. The van der Waals surface area contributed by atoms with Gasteiger partial charge in [0.2, 0.25) is 5.88 Å². The van der Waals surface area contributed by atoms with Gasteiger partial charge in [-0.2, -0.15) is 0 Å². The lowest BCUT2D eigenvalue weighted by Crippen LogP contribution is -2.26. The Labute approximate surface area is 134 Å². The molecule has 0 aliphatic carbocycles. The Hall–Kier alpha value is -2.47. The van der Waals surface area contributed by atoms with Gasteiger partial charge in [0.1, 0.15) is 11.9 Å². The number of aryl methyl sites for hydroxylation is 1. The Morgan fingerprint density at radius 2 is 2.09 bits per heavy atom. The van der Waals surface area contributed by atoms with Crippen molar-refractivity contribution >= 4 is 11.7 Å². The van der Waals surface area contributed by atoms with Gasteiger partial charge in [-0.3, -0.25) is 4.79 Å². The second kappa shape index (κ2) is 7.19. The van der Waals surface area contributed by atoms with Crippen molar-refractivity contribution in [3.63, 3.8) is 0 Å². The van der Waals surface area contributed by atoms with E-state index in [1.54, 1.807) is 18.3 Å². The number of anilines is 1. The fourth-order valence-electron chi connectivity index (χ4n) is 2.34. The first kappa shape index (κ1) is 15.4. The number of nitrogens with zero attached hydrogens (tertiary/aromatic N) is 2. The van der Waals surface area contributed by atoms with Crippen molar-refractivity contribution in [3.05, 3.63) is 47.8 Å². The van der Waals surface area contributed by atoms with Crippen LogP contribution in [0.4, 0.5) is 5.82 Å². The van der Waals surface area contributed by atoms with E-state index < -0.39 is 0 Å². The van der Waals surface area contributed by atoms with E-state index in [1.807, 2.05) is 19.1 Å². The Morgan fingerprint density at radius 1 is 1.26 bits per heavy atom. The van der Waals surface area contributed by atoms with Crippen molar-refractivity contribution in [1.82, 2.24) is 9.97 Å². The summed E-state index contributed by atoms with van der Waals surface area (Å²) in [7, 11) is 0. The van der Waals surface area contributed by atoms with Crippen molar-refractivity contribution in [2.75, 3.05) is 18.5 Å². The van der Waals surface area contributed by atoms with Gasteiger partial charge in [0.25, 0.3) is 5.91 Å². The van der Waals surface area contributed by atoms with Crippen LogP contribution in [0, 0.1) is 6.92 Å². The van der Waals surface area contributed by atoms with Crippen LogP contribution in [0.25, 0.3) is 0 Å². The molecular weight excluding hydrogens is 294 g/mol. The summed E-state index contributed by atoms with van der Waals surface area (Å²) in [4.78, 5) is 20.5. The van der Waals surface area contributed by atoms with Crippen LogP contribution in [0.5, 0.6) is 5.88 Å². The number of pyridine rings is 2. The molecule has 0 bridgehead atoms. The maximum atomic E-state index is 12.2. The molecule has 6 heteroatoms. The van der Waals surface area contributed by atoms with Gasteiger partial charge in [-0.15, -0.1) is 0 Å². The number of rotatable bonds is 4. The molecule has 1 aliphatic heterocycles. The topological polar surface area (TPSA) is 73.3 Å². The van der Waals surface area contributed by atoms with E-state index >= 15 is 0 Å². The third kappa shape index (κ3) is 4.26. The number of carbonyl (C=O) groups excluding carboxylic acids is 1. The average molecular weight is 313 g/mol. The molecule has 0 aromatic carbocycles. The summed E-state index contributed by atoms with van der Waals surface area (Å²) in [6, 6.07) is 7.11. The Morgan fingerprint density at radius 3 is 2.78 bits per heavy atom. The first-order chi connectivity index (χ1) is 11.2. The highest BCUT2D eigenvalue weighted by Gasteiger charge is 2.16. The molecule has 0 unspecified atom stereocenters. The van der Waals surface area contributed by atoms with Gasteiger partial charge in [0, 0.05) is 31.3 Å². The van der Waals surface area contributed by atoms with E-state index in [4.69, 9.17) is 9.47 Å². The van der Waals surface area contributed by atoms with Crippen LogP contribution in [0.1, 0.15) is 28.8 Å². The number of hydrogen-bond acceptors (Lipinski definition) is 5. The number of ether oxygens (including phenoxy) is 2. The van der Waals surface area contributed by atoms with Crippen molar-refractivity contribution in [3.8, 4) is 5.88 Å². The van der Waals surface area contributed by atoms with Gasteiger partial charge in [0.05, 0.1) is 18.8 Å². The molecular formula is C17H19N3O3. The number of carbonyl (C=O) groups is 1. The molecule has 23 heavy (non-hydrogen) atoms. The van der Waals surface area contributed by atoms with Gasteiger partial charge in [-0.1, -0.05) is 0 Å². The van der Waals surface area contributed by atoms with E-state index in [0.717, 1.165) is 18.4 Å². The molecule has 3 heterocycles. The summed E-state index contributed by atoms with van der Waals surface area (Å²) in [5.74, 6) is 0.813. The van der Waals surface area contributed by atoms with Crippen molar-refractivity contribution in [1.29, 1.82) is 0 Å². The maximum absolute atomic E-state index is 12.2. The van der Waals surface area contributed by atoms with Gasteiger partial charge in [-0.05, 0) is 30.7 Å². The van der Waals surface area contributed by atoms with E-state index in [-0.39, 0.29) is 12.0 Å². The summed E-state index contributed by atoms with van der Waals surface area (Å²) < 4.78 is 11.1. The molecule has 1 fully saturated rings. The Kier molecular flexibility index (Phi) is 4.83. The van der Waals surface area contributed by atoms with Gasteiger partial charge in [0.15, 0.2) is 0 Å². The molecule has 120 valence electrons. The predicted molar refractivity (Wildman–Crippen MR) is 85.6 cm³/mol. The van der Waals surface area contributed by atoms with Gasteiger partial charge < -0.3 is 14.8 Å². The molecule has 0 radical (unpaired) electrons. The molecule has 2 aromatic heterocycles. The minimum atomic E-state index is -0.242. The summed E-state index contributed by atoms with van der Waals surface area (Å²) in [6.45, 7) is 3.38. The highest BCUT2D eigenvalue weighted by molar-refractivity contribution is 6.03. The van der Waals surface area contributed by atoms with Crippen LogP contribution < -0.4 is 10.1 Å². The van der Waals surface area contributed by atoms with E-state index in [0.29, 0.717) is 30.5 Å². The molecule has 1 N–H and O–H groups in total. The lowest BCUT2D eigenvalue weighted by Gasteiger charge is -2.22. The van der Waals surface area contributed by atoms with Crippen molar-refractivity contribution in [2.45, 2.75) is 25.9 Å². The van der Waals surface area contributed by atoms with Gasteiger partial charge >= 0.3 is 0 Å². The minimum Gasteiger partial charge on any atom is -0.474 e. The summed E-state index contributed by atoms with van der Waals surface area (Å²) in [5, 5.41) is 2.75. The zero-order chi connectivity index (χ0) is 16.1. The second-order valence-corrected chi connectivity index (χ2v) is 5.49. The molecule has 3 rings (SSSR count). The van der Waals surface area contributed by atoms with Crippen LogP contribution in [-0.2, 0) is 4.74 Å². The molecule has 0 spiro atoms. The Bertz CT molecular complexity index is 667. The molecule has 1 amide bonds. The standard InChI is InChI=1S/C17H19N3O3/c1-12-4-7-18-15(10-12)20-17(21)13-2-3-16(19-11-13)23-14-5-8-22-9-6-14/h2-4,7,10-11,14H,5-6,8-9H2,1H3,(H,18,20,21). The SMILES string of the molecule is Cc1ccnc(NC(=O)c2ccc(OC3CCOCC3)nc2)c1.